The minimum atomic E-state index is -0.558. The minimum absolute atomic E-state index is 0.159. The molecular weight excluding hydrogens is 232 g/mol. The monoisotopic (exact) mass is 238 g/mol. The normalized spacial score (nSPS) is 10.4. The van der Waals surface area contributed by atoms with E-state index in [2.05, 4.69) is 14.9 Å². The van der Waals surface area contributed by atoms with Crippen LogP contribution in [-0.4, -0.2) is 29.6 Å². The number of aromatic amines is 1. The number of carbonyl (C=O) groups is 2. The number of rotatable bonds is 2. The number of aldehydes is 1. The Morgan fingerprint density at radius 2 is 2.31 bits per heavy atom. The topological polar surface area (TPSA) is 72.1 Å². The lowest BCUT2D eigenvalue weighted by Crippen LogP contribution is -2.02. The number of benzene rings is 1. The number of H-pyrrole nitrogens is 1. The molecule has 6 heteroatoms. The van der Waals surface area contributed by atoms with Crippen LogP contribution >= 0.6 is 11.6 Å². The van der Waals surface area contributed by atoms with Crippen molar-refractivity contribution in [3.8, 4) is 0 Å². The average Bonchev–Trinajstić information content (AvgIpc) is 2.69. The van der Waals surface area contributed by atoms with Crippen molar-refractivity contribution >= 4 is 34.8 Å². The summed E-state index contributed by atoms with van der Waals surface area (Å²) in [6.07, 6.45) is 0.569. The molecule has 0 fully saturated rings. The van der Waals surface area contributed by atoms with Crippen LogP contribution in [-0.2, 0) is 4.74 Å². The fraction of sp³-hybridized carbons (Fsp3) is 0.100. The molecule has 0 aliphatic heterocycles. The Hall–Kier alpha value is -1.88. The van der Waals surface area contributed by atoms with E-state index in [-0.39, 0.29) is 11.3 Å². The summed E-state index contributed by atoms with van der Waals surface area (Å²) in [6, 6.07) is 3.03. The molecule has 0 saturated carbocycles. The number of ether oxygens (including phenoxy) is 1. The van der Waals surface area contributed by atoms with Crippen LogP contribution in [0.15, 0.2) is 12.1 Å². The van der Waals surface area contributed by atoms with Crippen LogP contribution in [0.3, 0.4) is 0 Å². The van der Waals surface area contributed by atoms with Crippen molar-refractivity contribution in [3.05, 3.63) is 28.4 Å². The van der Waals surface area contributed by atoms with Gasteiger partial charge in [-0.05, 0) is 12.1 Å². The lowest BCUT2D eigenvalue weighted by molar-refractivity contribution is 0.0603. The lowest BCUT2D eigenvalue weighted by Gasteiger charge is -2.02. The van der Waals surface area contributed by atoms with Crippen molar-refractivity contribution in [2.24, 2.45) is 0 Å². The van der Waals surface area contributed by atoms with E-state index < -0.39 is 5.97 Å². The van der Waals surface area contributed by atoms with Gasteiger partial charge in [-0.15, -0.1) is 0 Å². The summed E-state index contributed by atoms with van der Waals surface area (Å²) in [5, 5.41) is 7.19. The first-order valence-electron chi connectivity index (χ1n) is 4.38. The van der Waals surface area contributed by atoms with E-state index >= 15 is 0 Å². The molecule has 82 valence electrons. The summed E-state index contributed by atoms with van der Waals surface area (Å²) in [6.45, 7) is 0. The van der Waals surface area contributed by atoms with E-state index in [0.29, 0.717) is 22.2 Å². The van der Waals surface area contributed by atoms with Crippen molar-refractivity contribution in [2.45, 2.75) is 0 Å². The van der Waals surface area contributed by atoms with E-state index in [9.17, 15) is 9.59 Å². The second-order valence-corrected chi connectivity index (χ2v) is 3.53. The molecule has 2 rings (SSSR count). The summed E-state index contributed by atoms with van der Waals surface area (Å²) < 4.78 is 4.61. The minimum Gasteiger partial charge on any atom is -0.465 e. The number of fused-ring (bicyclic) bond motifs is 1. The first-order valence-corrected chi connectivity index (χ1v) is 4.76. The fourth-order valence-corrected chi connectivity index (χ4v) is 1.72. The number of hydrogen-bond donors (Lipinski definition) is 1. The van der Waals surface area contributed by atoms with E-state index in [0.717, 1.165) is 0 Å². The van der Waals surface area contributed by atoms with Gasteiger partial charge in [-0.2, -0.15) is 5.10 Å². The highest BCUT2D eigenvalue weighted by Crippen LogP contribution is 2.25. The van der Waals surface area contributed by atoms with Crippen molar-refractivity contribution in [1.29, 1.82) is 0 Å². The van der Waals surface area contributed by atoms with Gasteiger partial charge in [0.15, 0.2) is 6.29 Å². The molecule has 16 heavy (non-hydrogen) atoms. The number of carbonyl (C=O) groups excluding carboxylic acids is 2. The van der Waals surface area contributed by atoms with Gasteiger partial charge < -0.3 is 4.74 Å². The largest absolute Gasteiger partial charge is 0.465 e. The number of nitrogens with zero attached hydrogens (tertiary/aromatic N) is 1. The van der Waals surface area contributed by atoms with Crippen LogP contribution in [0, 0.1) is 0 Å². The molecule has 1 N–H and O–H groups in total. The summed E-state index contributed by atoms with van der Waals surface area (Å²) in [5.41, 5.74) is 0.905. The average molecular weight is 239 g/mol. The Bertz CT molecular complexity index is 577. The van der Waals surface area contributed by atoms with Crippen molar-refractivity contribution < 1.29 is 14.3 Å². The van der Waals surface area contributed by atoms with Crippen LogP contribution < -0.4 is 0 Å². The molecule has 1 aromatic carbocycles. The molecule has 0 bridgehead atoms. The zero-order valence-electron chi connectivity index (χ0n) is 8.28. The number of nitrogens with one attached hydrogen (secondary N) is 1. The van der Waals surface area contributed by atoms with Crippen LogP contribution in [0.2, 0.25) is 5.02 Å². The molecule has 5 nitrogen and oxygen atoms in total. The third kappa shape index (κ3) is 1.55. The molecule has 0 radical (unpaired) electrons. The summed E-state index contributed by atoms with van der Waals surface area (Å²) in [5.74, 6) is -0.558. The molecule has 0 atom stereocenters. The molecule has 1 aromatic heterocycles. The third-order valence-corrected chi connectivity index (χ3v) is 2.39. The Morgan fingerprint density at radius 3 is 2.94 bits per heavy atom. The van der Waals surface area contributed by atoms with Gasteiger partial charge in [-0.1, -0.05) is 11.6 Å². The van der Waals surface area contributed by atoms with Gasteiger partial charge in [-0.25, -0.2) is 4.79 Å². The molecule has 0 amide bonds. The fourth-order valence-electron chi connectivity index (χ4n) is 1.50. The highest BCUT2D eigenvalue weighted by atomic mass is 35.5. The van der Waals surface area contributed by atoms with Gasteiger partial charge in [-0.3, -0.25) is 9.89 Å². The molecule has 2 aromatic rings. The molecular formula is C10H7ClN2O3. The van der Waals surface area contributed by atoms with Gasteiger partial charge in [0.2, 0.25) is 0 Å². The van der Waals surface area contributed by atoms with E-state index in [1.54, 1.807) is 6.07 Å². The molecule has 0 spiro atoms. The zero-order chi connectivity index (χ0) is 11.7. The smallest absolute Gasteiger partial charge is 0.338 e. The standard InChI is InChI=1S/C10H7ClN2O3/c1-16-10(15)6-2-5(11)3-7-9(6)8(4-14)13-12-7/h2-4H,1H3,(H,12,13). The number of esters is 1. The lowest BCUT2D eigenvalue weighted by atomic mass is 10.1. The Kier molecular flexibility index (Phi) is 2.62. The SMILES string of the molecule is COC(=O)c1cc(Cl)cc2[nH]nc(C=O)c12. The summed E-state index contributed by atoms with van der Waals surface area (Å²) in [4.78, 5) is 22.3. The van der Waals surface area contributed by atoms with Gasteiger partial charge in [0.25, 0.3) is 0 Å². The summed E-state index contributed by atoms with van der Waals surface area (Å²) >= 11 is 5.83. The van der Waals surface area contributed by atoms with Crippen molar-refractivity contribution in [2.75, 3.05) is 7.11 Å². The molecule has 1 heterocycles. The van der Waals surface area contributed by atoms with Crippen LogP contribution in [0.1, 0.15) is 20.8 Å². The Balaban J connectivity index is 2.82. The number of aromatic nitrogens is 2. The molecule has 0 aliphatic rings. The van der Waals surface area contributed by atoms with E-state index in [1.807, 2.05) is 0 Å². The number of hydrogen-bond acceptors (Lipinski definition) is 4. The zero-order valence-corrected chi connectivity index (χ0v) is 9.04. The van der Waals surface area contributed by atoms with Crippen molar-refractivity contribution in [3.63, 3.8) is 0 Å². The maximum absolute atomic E-state index is 11.5. The third-order valence-electron chi connectivity index (χ3n) is 2.17. The van der Waals surface area contributed by atoms with Crippen molar-refractivity contribution in [1.82, 2.24) is 10.2 Å². The second kappa shape index (κ2) is 3.94. The maximum atomic E-state index is 11.5. The van der Waals surface area contributed by atoms with Crippen LogP contribution in [0.5, 0.6) is 0 Å². The van der Waals surface area contributed by atoms with E-state index in [1.165, 1.54) is 13.2 Å². The highest BCUT2D eigenvalue weighted by Gasteiger charge is 2.17. The molecule has 0 aliphatic carbocycles. The highest BCUT2D eigenvalue weighted by molar-refractivity contribution is 6.32. The van der Waals surface area contributed by atoms with Gasteiger partial charge in [0.05, 0.1) is 18.2 Å². The number of methoxy groups -OCH3 is 1. The quantitative estimate of drug-likeness (QED) is 0.640. The first kappa shape index (κ1) is 10.6. The first-order chi connectivity index (χ1) is 7.67. The van der Waals surface area contributed by atoms with Crippen LogP contribution in [0.25, 0.3) is 10.9 Å². The summed E-state index contributed by atoms with van der Waals surface area (Å²) in [7, 11) is 1.26. The molecule has 0 saturated heterocycles. The second-order valence-electron chi connectivity index (χ2n) is 3.09. The maximum Gasteiger partial charge on any atom is 0.338 e. The van der Waals surface area contributed by atoms with Gasteiger partial charge >= 0.3 is 5.97 Å². The van der Waals surface area contributed by atoms with E-state index in [4.69, 9.17) is 11.6 Å². The number of halogens is 1. The van der Waals surface area contributed by atoms with Gasteiger partial charge in [0.1, 0.15) is 5.69 Å². The van der Waals surface area contributed by atoms with Crippen LogP contribution in [0.4, 0.5) is 0 Å². The Morgan fingerprint density at radius 1 is 1.56 bits per heavy atom. The Labute approximate surface area is 95.3 Å². The van der Waals surface area contributed by atoms with Gasteiger partial charge in [0, 0.05) is 10.4 Å². The molecule has 0 unspecified atom stereocenters. The predicted molar refractivity (Wildman–Crippen MR) is 57.8 cm³/mol. The predicted octanol–water partition coefficient (Wildman–Crippen LogP) is 1.82.